The number of sulfonamides is 1. The molecule has 7 nitrogen and oxygen atoms in total. The first-order valence-corrected chi connectivity index (χ1v) is 8.08. The molecule has 2 heterocycles. The van der Waals surface area contributed by atoms with Crippen LogP contribution in [0.5, 0.6) is 0 Å². The molecular weight excluding hydrogens is 306 g/mol. The van der Waals surface area contributed by atoms with E-state index in [-0.39, 0.29) is 22.9 Å². The van der Waals surface area contributed by atoms with Gasteiger partial charge in [-0.2, -0.15) is 4.31 Å². The molecular formula is C11H13NO6S2. The number of ether oxygens (including phenoxy) is 1. The highest BCUT2D eigenvalue weighted by molar-refractivity contribution is 7.89. The first-order valence-electron chi connectivity index (χ1n) is 5.76. The molecule has 0 aromatic carbocycles. The first-order chi connectivity index (χ1) is 9.36. The number of carbonyl (C=O) groups excluding carboxylic acids is 1. The number of esters is 1. The standard InChI is InChI=1S/C11H13NO6S2/c1-18-11(15)7-2-3-12(5-7)20(16,17)8-4-9(10(13)14)19-6-8/h4,6-7H,2-3,5H2,1H3,(H,13,14). The van der Waals surface area contributed by atoms with Crippen LogP contribution in [-0.2, 0) is 19.6 Å². The number of hydrogen-bond acceptors (Lipinski definition) is 6. The summed E-state index contributed by atoms with van der Waals surface area (Å²) >= 11 is 0.858. The Morgan fingerprint density at radius 1 is 1.50 bits per heavy atom. The average molecular weight is 319 g/mol. The molecule has 0 spiro atoms. The molecule has 20 heavy (non-hydrogen) atoms. The summed E-state index contributed by atoms with van der Waals surface area (Å²) < 4.78 is 30.4. The number of hydrogen-bond donors (Lipinski definition) is 1. The van der Waals surface area contributed by atoms with Crippen LogP contribution in [0.2, 0.25) is 0 Å². The molecule has 9 heteroatoms. The van der Waals surface area contributed by atoms with E-state index < -0.39 is 27.9 Å². The Labute approximate surface area is 119 Å². The summed E-state index contributed by atoms with van der Waals surface area (Å²) in [7, 11) is -2.49. The lowest BCUT2D eigenvalue weighted by atomic mass is 10.1. The average Bonchev–Trinajstić information content (AvgIpc) is 3.06. The zero-order chi connectivity index (χ0) is 14.9. The number of carboxylic acids is 1. The molecule has 1 fully saturated rings. The number of methoxy groups -OCH3 is 1. The Morgan fingerprint density at radius 2 is 2.20 bits per heavy atom. The Balaban J connectivity index is 2.19. The van der Waals surface area contributed by atoms with E-state index in [0.29, 0.717) is 6.42 Å². The molecule has 1 atom stereocenters. The van der Waals surface area contributed by atoms with Gasteiger partial charge >= 0.3 is 11.9 Å². The van der Waals surface area contributed by atoms with Crippen LogP contribution in [0, 0.1) is 5.92 Å². The monoisotopic (exact) mass is 319 g/mol. The quantitative estimate of drug-likeness (QED) is 0.817. The Kier molecular flexibility index (Phi) is 4.11. The Hall–Kier alpha value is -1.45. The van der Waals surface area contributed by atoms with Crippen LogP contribution in [0.15, 0.2) is 16.3 Å². The smallest absolute Gasteiger partial charge is 0.345 e. The van der Waals surface area contributed by atoms with Gasteiger partial charge in [-0.25, -0.2) is 13.2 Å². The number of aromatic carboxylic acids is 1. The number of carbonyl (C=O) groups is 2. The lowest BCUT2D eigenvalue weighted by molar-refractivity contribution is -0.144. The van der Waals surface area contributed by atoms with Crippen molar-refractivity contribution in [1.29, 1.82) is 0 Å². The summed E-state index contributed by atoms with van der Waals surface area (Å²) in [5.41, 5.74) is 0. The van der Waals surface area contributed by atoms with E-state index in [9.17, 15) is 18.0 Å². The molecule has 0 amide bonds. The topological polar surface area (TPSA) is 101 Å². The fourth-order valence-corrected chi connectivity index (χ4v) is 4.62. The van der Waals surface area contributed by atoms with Crippen molar-refractivity contribution in [3.05, 3.63) is 16.3 Å². The summed E-state index contributed by atoms with van der Waals surface area (Å²) in [6.07, 6.45) is 0.405. The van der Waals surface area contributed by atoms with Crippen molar-refractivity contribution in [2.45, 2.75) is 11.3 Å². The molecule has 1 aromatic heterocycles. The van der Waals surface area contributed by atoms with Gasteiger partial charge in [0.1, 0.15) is 4.88 Å². The summed E-state index contributed by atoms with van der Waals surface area (Å²) in [5, 5.41) is 10.1. The van der Waals surface area contributed by atoms with Gasteiger partial charge in [-0.05, 0) is 12.5 Å². The van der Waals surface area contributed by atoms with Crippen molar-refractivity contribution < 1.29 is 27.9 Å². The van der Waals surface area contributed by atoms with E-state index in [0.717, 1.165) is 17.4 Å². The highest BCUT2D eigenvalue weighted by atomic mass is 32.2. The molecule has 1 N–H and O–H groups in total. The fourth-order valence-electron chi connectivity index (χ4n) is 2.02. The van der Waals surface area contributed by atoms with E-state index in [1.165, 1.54) is 16.8 Å². The van der Waals surface area contributed by atoms with E-state index in [1.54, 1.807) is 0 Å². The lowest BCUT2D eigenvalue weighted by Gasteiger charge is -2.14. The highest BCUT2D eigenvalue weighted by Crippen LogP contribution is 2.27. The van der Waals surface area contributed by atoms with E-state index >= 15 is 0 Å². The maximum atomic E-state index is 12.3. The maximum absolute atomic E-state index is 12.3. The summed E-state index contributed by atoms with van der Waals surface area (Å²) in [4.78, 5) is 22.1. The largest absolute Gasteiger partial charge is 0.477 e. The predicted octanol–water partition coefficient (Wildman–Crippen LogP) is 0.630. The van der Waals surface area contributed by atoms with Gasteiger partial charge in [0.2, 0.25) is 10.0 Å². The molecule has 2 rings (SSSR count). The normalized spacial score (nSPS) is 19.9. The predicted molar refractivity (Wildman–Crippen MR) is 70.2 cm³/mol. The van der Waals surface area contributed by atoms with Crippen molar-refractivity contribution in [1.82, 2.24) is 4.31 Å². The lowest BCUT2D eigenvalue weighted by Crippen LogP contribution is -2.30. The van der Waals surface area contributed by atoms with Crippen LogP contribution < -0.4 is 0 Å². The van der Waals surface area contributed by atoms with Gasteiger partial charge in [0, 0.05) is 18.5 Å². The molecule has 0 aliphatic carbocycles. The van der Waals surface area contributed by atoms with Crippen LogP contribution in [0.3, 0.4) is 0 Å². The van der Waals surface area contributed by atoms with Gasteiger partial charge in [0.25, 0.3) is 0 Å². The van der Waals surface area contributed by atoms with Gasteiger partial charge < -0.3 is 9.84 Å². The second-order valence-electron chi connectivity index (χ2n) is 4.32. The SMILES string of the molecule is COC(=O)C1CCN(S(=O)(=O)c2csc(C(=O)O)c2)C1. The molecule has 1 unspecified atom stereocenters. The third-order valence-electron chi connectivity index (χ3n) is 3.11. The van der Waals surface area contributed by atoms with Crippen LogP contribution in [0.25, 0.3) is 0 Å². The molecule has 1 saturated heterocycles. The summed E-state index contributed by atoms with van der Waals surface area (Å²) in [6, 6.07) is 1.13. The first kappa shape index (κ1) is 14.9. The molecule has 0 bridgehead atoms. The van der Waals surface area contributed by atoms with Gasteiger partial charge in [-0.1, -0.05) is 0 Å². The minimum Gasteiger partial charge on any atom is -0.477 e. The van der Waals surface area contributed by atoms with Crippen molar-refractivity contribution in [3.8, 4) is 0 Å². The second kappa shape index (κ2) is 5.51. The van der Waals surface area contributed by atoms with Gasteiger partial charge in [-0.3, -0.25) is 4.79 Å². The minimum atomic E-state index is -3.75. The molecule has 0 saturated carbocycles. The Bertz CT molecular complexity index is 635. The summed E-state index contributed by atoms with van der Waals surface area (Å²) in [5.74, 6) is -2.06. The third-order valence-corrected chi connectivity index (χ3v) is 6.02. The molecule has 1 aromatic rings. The van der Waals surface area contributed by atoms with Crippen molar-refractivity contribution in [3.63, 3.8) is 0 Å². The van der Waals surface area contributed by atoms with E-state index in [4.69, 9.17) is 5.11 Å². The highest BCUT2D eigenvalue weighted by Gasteiger charge is 2.36. The van der Waals surface area contributed by atoms with Crippen LogP contribution in [0.4, 0.5) is 0 Å². The zero-order valence-electron chi connectivity index (χ0n) is 10.6. The zero-order valence-corrected chi connectivity index (χ0v) is 12.2. The fraction of sp³-hybridized carbons (Fsp3) is 0.455. The number of rotatable bonds is 4. The van der Waals surface area contributed by atoms with Crippen molar-refractivity contribution in [2.75, 3.05) is 20.2 Å². The van der Waals surface area contributed by atoms with Crippen LogP contribution in [-0.4, -0.2) is 50.0 Å². The third kappa shape index (κ3) is 2.69. The molecule has 1 aliphatic rings. The molecule has 1 aliphatic heterocycles. The minimum absolute atomic E-state index is 0.0349. The van der Waals surface area contributed by atoms with Gasteiger partial charge in [0.05, 0.1) is 17.9 Å². The summed E-state index contributed by atoms with van der Waals surface area (Å²) in [6.45, 7) is 0.285. The van der Waals surface area contributed by atoms with Crippen molar-refractivity contribution >= 4 is 33.3 Å². The van der Waals surface area contributed by atoms with Crippen LogP contribution in [0.1, 0.15) is 16.1 Å². The van der Waals surface area contributed by atoms with Gasteiger partial charge in [-0.15, -0.1) is 11.3 Å². The van der Waals surface area contributed by atoms with Crippen molar-refractivity contribution in [2.24, 2.45) is 5.92 Å². The van der Waals surface area contributed by atoms with Crippen LogP contribution >= 0.6 is 11.3 Å². The number of carboxylic acid groups (broad SMARTS) is 1. The molecule has 110 valence electrons. The maximum Gasteiger partial charge on any atom is 0.345 e. The number of thiophene rings is 1. The Morgan fingerprint density at radius 3 is 2.75 bits per heavy atom. The molecule has 0 radical (unpaired) electrons. The van der Waals surface area contributed by atoms with E-state index in [1.807, 2.05) is 0 Å². The van der Waals surface area contributed by atoms with Gasteiger partial charge in [0.15, 0.2) is 0 Å². The van der Waals surface area contributed by atoms with E-state index in [2.05, 4.69) is 4.74 Å². The number of nitrogens with zero attached hydrogens (tertiary/aromatic N) is 1. The second-order valence-corrected chi connectivity index (χ2v) is 7.17.